The summed E-state index contributed by atoms with van der Waals surface area (Å²) in [5.74, 6) is 0. The molecule has 9 rings (SSSR count). The maximum absolute atomic E-state index is 9.85. The van der Waals surface area contributed by atoms with Gasteiger partial charge in [0, 0.05) is 32.8 Å². The van der Waals surface area contributed by atoms with Crippen molar-refractivity contribution in [2.45, 2.75) is 26.2 Å². The van der Waals surface area contributed by atoms with Crippen LogP contribution in [0.2, 0.25) is 0 Å². The highest BCUT2D eigenvalue weighted by molar-refractivity contribution is 6.13. The molecule has 0 aliphatic heterocycles. The van der Waals surface area contributed by atoms with Crippen molar-refractivity contribution < 1.29 is 19.2 Å². The first kappa shape index (κ1) is 17.3. The second-order valence-corrected chi connectivity index (χ2v) is 12.7. The van der Waals surface area contributed by atoms with Gasteiger partial charge in [-0.15, -0.1) is 0 Å². The number of para-hydroxylation sites is 4. The van der Waals surface area contributed by atoms with Crippen molar-refractivity contribution in [1.82, 2.24) is 9.13 Å². The standard InChI is InChI=1S/C46H36N2/c1-46(2,3)34-25-21-31(22-26-34)36-15-7-10-18-41(36)48-43-20-12-9-17-38(43)40-30-33(24-28-45(40)48)32-23-27-44-39(29-32)37-16-8-11-19-42(37)47(44)35-13-5-4-6-14-35/h4-30H,1-3H3/i8D,9D,11D,12D,16D,17D,19D,20D,23D,24D,27D,28D,29D,30D. The Morgan fingerprint density at radius 2 is 0.979 bits per heavy atom. The van der Waals surface area contributed by atoms with Gasteiger partial charge >= 0.3 is 0 Å². The number of aromatic nitrogens is 2. The largest absolute Gasteiger partial charge is 0.309 e. The lowest BCUT2D eigenvalue weighted by atomic mass is 9.86. The van der Waals surface area contributed by atoms with Crippen molar-refractivity contribution in [1.29, 1.82) is 0 Å². The van der Waals surface area contributed by atoms with Crippen LogP contribution >= 0.6 is 0 Å². The molecule has 7 aromatic carbocycles. The van der Waals surface area contributed by atoms with E-state index in [1.54, 1.807) is 42.5 Å². The van der Waals surface area contributed by atoms with Gasteiger partial charge in [0.25, 0.3) is 0 Å². The zero-order valence-corrected chi connectivity index (χ0v) is 26.4. The molecule has 0 amide bonds. The van der Waals surface area contributed by atoms with Gasteiger partial charge in [-0.1, -0.05) is 130 Å². The molecule has 0 saturated heterocycles. The van der Waals surface area contributed by atoms with Gasteiger partial charge in [0.1, 0.15) is 0 Å². The lowest BCUT2D eigenvalue weighted by molar-refractivity contribution is 0.590. The Hall–Kier alpha value is -5.86. The Morgan fingerprint density at radius 3 is 1.60 bits per heavy atom. The number of fused-ring (bicyclic) bond motifs is 6. The quantitative estimate of drug-likeness (QED) is 0.183. The van der Waals surface area contributed by atoms with Gasteiger partial charge < -0.3 is 9.13 Å². The van der Waals surface area contributed by atoms with Crippen LogP contribution < -0.4 is 0 Å². The number of nitrogens with zero attached hydrogens (tertiary/aromatic N) is 2. The molecule has 2 nitrogen and oxygen atoms in total. The SMILES string of the molecule is [2H]c1c([2H])c([2H])c2c(c1[2H])c1c([2H])c(-c3c([2H])c([2H])c4c(c3[2H])c3c([2H])c([2H])c([2H])c([2H])c3n4-c3ccccc3-c3ccc(C(C)(C)C)cc3)c([2H])c([2H])c1n2-c1ccccc1. The zero-order chi connectivity index (χ0) is 44.6. The smallest absolute Gasteiger partial charge is 0.0645 e. The van der Waals surface area contributed by atoms with Crippen molar-refractivity contribution in [2.75, 3.05) is 0 Å². The summed E-state index contributed by atoms with van der Waals surface area (Å²) in [7, 11) is 0. The molecule has 230 valence electrons. The highest BCUT2D eigenvalue weighted by atomic mass is 15.0. The fraction of sp³-hybridized carbons (Fsp3) is 0.0870. The van der Waals surface area contributed by atoms with Crippen LogP contribution in [-0.4, -0.2) is 9.13 Å². The third-order valence-corrected chi connectivity index (χ3v) is 8.79. The van der Waals surface area contributed by atoms with Crippen LogP contribution in [0, 0.1) is 0 Å². The molecule has 0 unspecified atom stereocenters. The minimum atomic E-state index is -0.608. The van der Waals surface area contributed by atoms with E-state index < -0.39 is 95.7 Å². The van der Waals surface area contributed by atoms with E-state index >= 15 is 0 Å². The average molecular weight is 631 g/mol. The molecule has 0 atom stereocenters. The van der Waals surface area contributed by atoms with Crippen molar-refractivity contribution in [3.63, 3.8) is 0 Å². The van der Waals surface area contributed by atoms with E-state index in [-0.39, 0.29) is 49.0 Å². The first-order valence-electron chi connectivity index (χ1n) is 22.7. The van der Waals surface area contributed by atoms with Gasteiger partial charge in [0.2, 0.25) is 0 Å². The maximum Gasteiger partial charge on any atom is 0.0645 e. The summed E-state index contributed by atoms with van der Waals surface area (Å²) in [5.41, 5.74) is 2.18. The van der Waals surface area contributed by atoms with Crippen molar-refractivity contribution in [2.24, 2.45) is 0 Å². The second-order valence-electron chi connectivity index (χ2n) is 12.7. The molecule has 0 N–H and O–H groups in total. The Balaban J connectivity index is 1.45. The van der Waals surface area contributed by atoms with Crippen LogP contribution in [0.1, 0.15) is 45.5 Å². The molecule has 0 spiro atoms. The molecule has 0 bridgehead atoms. The van der Waals surface area contributed by atoms with Gasteiger partial charge in [0.15, 0.2) is 0 Å². The fourth-order valence-electron chi connectivity index (χ4n) is 6.42. The van der Waals surface area contributed by atoms with E-state index in [1.165, 1.54) is 9.13 Å². The summed E-state index contributed by atoms with van der Waals surface area (Å²) in [6.07, 6.45) is 0. The third kappa shape index (κ3) is 4.48. The Kier molecular flexibility index (Phi) is 3.92. The lowest BCUT2D eigenvalue weighted by Crippen LogP contribution is -2.10. The number of hydrogen-bond acceptors (Lipinski definition) is 0. The first-order valence-corrected chi connectivity index (χ1v) is 15.7. The molecule has 0 aliphatic rings. The molecule has 2 aromatic heterocycles. The van der Waals surface area contributed by atoms with E-state index in [0.29, 0.717) is 16.9 Å². The first-order chi connectivity index (χ1) is 29.3. The summed E-state index contributed by atoms with van der Waals surface area (Å²) >= 11 is 0. The molecule has 48 heavy (non-hydrogen) atoms. The number of hydrogen-bond donors (Lipinski definition) is 0. The van der Waals surface area contributed by atoms with Gasteiger partial charge in [0.05, 0.1) is 46.9 Å². The van der Waals surface area contributed by atoms with Crippen LogP contribution in [0.25, 0.3) is 77.2 Å². The Bertz CT molecular complexity index is 3420. The second kappa shape index (κ2) is 10.9. The molecular formula is C46H36N2. The normalized spacial score (nSPS) is 16.1. The lowest BCUT2D eigenvalue weighted by Gasteiger charge is -2.20. The summed E-state index contributed by atoms with van der Waals surface area (Å²) in [4.78, 5) is 0. The van der Waals surface area contributed by atoms with Gasteiger partial charge in [-0.05, 0) is 82.1 Å². The van der Waals surface area contributed by atoms with E-state index in [2.05, 4.69) is 20.8 Å². The van der Waals surface area contributed by atoms with Gasteiger partial charge in [-0.3, -0.25) is 0 Å². The van der Waals surface area contributed by atoms with Gasteiger partial charge in [-0.25, -0.2) is 0 Å². The van der Waals surface area contributed by atoms with E-state index in [0.717, 1.165) is 11.1 Å². The van der Waals surface area contributed by atoms with E-state index in [9.17, 15) is 11.0 Å². The zero-order valence-electron chi connectivity index (χ0n) is 40.4. The van der Waals surface area contributed by atoms with E-state index in [4.69, 9.17) is 8.22 Å². The summed E-state index contributed by atoms with van der Waals surface area (Å²) in [6.45, 7) is 6.30. The maximum atomic E-state index is 9.85. The molecular weight excluding hydrogens is 581 g/mol. The summed E-state index contributed by atoms with van der Waals surface area (Å²) in [6, 6.07) is 16.2. The molecule has 0 radical (unpaired) electrons. The topological polar surface area (TPSA) is 9.86 Å². The highest BCUT2D eigenvalue weighted by Gasteiger charge is 2.18. The fourth-order valence-corrected chi connectivity index (χ4v) is 6.42. The number of benzene rings is 7. The summed E-state index contributed by atoms with van der Waals surface area (Å²) in [5, 5.41) is -0.450. The third-order valence-electron chi connectivity index (χ3n) is 8.79. The summed E-state index contributed by atoms with van der Waals surface area (Å²) < 4.78 is 131. The monoisotopic (exact) mass is 630 g/mol. The van der Waals surface area contributed by atoms with Gasteiger partial charge in [-0.2, -0.15) is 0 Å². The molecule has 2 heterocycles. The molecule has 0 saturated carbocycles. The van der Waals surface area contributed by atoms with Crippen LogP contribution in [0.5, 0.6) is 0 Å². The van der Waals surface area contributed by atoms with Crippen molar-refractivity contribution in [3.05, 3.63) is 169 Å². The van der Waals surface area contributed by atoms with Crippen LogP contribution in [0.4, 0.5) is 0 Å². The van der Waals surface area contributed by atoms with Crippen LogP contribution in [0.15, 0.2) is 163 Å². The Morgan fingerprint density at radius 1 is 0.458 bits per heavy atom. The number of rotatable bonds is 4. The van der Waals surface area contributed by atoms with Crippen LogP contribution in [0.3, 0.4) is 0 Å². The predicted molar refractivity (Wildman–Crippen MR) is 205 cm³/mol. The molecule has 0 aliphatic carbocycles. The molecule has 0 fully saturated rings. The molecule has 2 heteroatoms. The minimum Gasteiger partial charge on any atom is -0.309 e. The van der Waals surface area contributed by atoms with E-state index in [1.807, 2.05) is 36.4 Å². The van der Waals surface area contributed by atoms with Crippen molar-refractivity contribution in [3.8, 4) is 33.6 Å². The average Bonchev–Trinajstić information content (AvgIpc) is 3.81. The highest BCUT2D eigenvalue weighted by Crippen LogP contribution is 2.40. The van der Waals surface area contributed by atoms with Crippen LogP contribution in [-0.2, 0) is 5.41 Å². The predicted octanol–water partition coefficient (Wildman–Crippen LogP) is 12.5. The van der Waals surface area contributed by atoms with Crippen molar-refractivity contribution >= 4 is 43.6 Å². The molecule has 9 aromatic rings. The minimum absolute atomic E-state index is 0.0321. The Labute approximate surface area is 300 Å².